The Kier molecular flexibility index (Phi) is 3.79. The van der Waals surface area contributed by atoms with E-state index in [1.54, 1.807) is 6.20 Å². The van der Waals surface area contributed by atoms with Gasteiger partial charge >= 0.3 is 0 Å². The zero-order chi connectivity index (χ0) is 11.6. The van der Waals surface area contributed by atoms with Gasteiger partial charge in [-0.3, -0.25) is 4.68 Å². The third-order valence-corrected chi connectivity index (χ3v) is 3.48. The number of rotatable bonds is 4. The number of hydrogen-bond donors (Lipinski definition) is 1. The van der Waals surface area contributed by atoms with Gasteiger partial charge in [-0.15, -0.1) is 0 Å². The van der Waals surface area contributed by atoms with Gasteiger partial charge in [0.1, 0.15) is 0 Å². The van der Waals surface area contributed by atoms with Gasteiger partial charge in [0.25, 0.3) is 0 Å². The van der Waals surface area contributed by atoms with E-state index in [0.717, 1.165) is 17.1 Å². The Labute approximate surface area is 96.8 Å². The molecule has 1 rings (SSSR count). The second kappa shape index (κ2) is 4.54. The summed E-state index contributed by atoms with van der Waals surface area (Å²) in [6, 6.07) is 0.225. The van der Waals surface area contributed by atoms with E-state index in [9.17, 15) is 0 Å². The number of aryl methyl sites for hydroxylation is 1. The normalized spacial score (nSPS) is 14.3. The molecule has 1 aromatic rings. The number of nitrogens with one attached hydrogen (secondary N) is 1. The van der Waals surface area contributed by atoms with Crippen molar-refractivity contribution in [3.05, 3.63) is 16.9 Å². The van der Waals surface area contributed by atoms with Gasteiger partial charge in [0, 0.05) is 7.05 Å². The summed E-state index contributed by atoms with van der Waals surface area (Å²) in [5.41, 5.74) is 1.22. The van der Waals surface area contributed by atoms with Gasteiger partial charge in [-0.1, -0.05) is 32.4 Å². The SMILES string of the molecule is CCC(C)(C)C(NC)c1c(Cl)cnn1C. The van der Waals surface area contributed by atoms with Crippen LogP contribution >= 0.6 is 11.6 Å². The van der Waals surface area contributed by atoms with Crippen molar-refractivity contribution in [1.82, 2.24) is 15.1 Å². The van der Waals surface area contributed by atoms with Crippen molar-refractivity contribution in [2.75, 3.05) is 7.05 Å². The molecule has 1 aromatic heterocycles. The zero-order valence-corrected chi connectivity index (χ0v) is 10.9. The highest BCUT2D eigenvalue weighted by molar-refractivity contribution is 6.31. The van der Waals surface area contributed by atoms with E-state index in [2.05, 4.69) is 31.2 Å². The smallest absolute Gasteiger partial charge is 0.0834 e. The van der Waals surface area contributed by atoms with Crippen molar-refractivity contribution in [3.63, 3.8) is 0 Å². The third-order valence-electron chi connectivity index (χ3n) is 3.19. The lowest BCUT2D eigenvalue weighted by Crippen LogP contribution is -2.33. The van der Waals surface area contributed by atoms with Gasteiger partial charge in [-0.05, 0) is 18.9 Å². The molecule has 0 aliphatic carbocycles. The van der Waals surface area contributed by atoms with Gasteiger partial charge in [0.05, 0.1) is 23.0 Å². The maximum atomic E-state index is 6.16. The maximum absolute atomic E-state index is 6.16. The molecular weight excluding hydrogens is 210 g/mol. The largest absolute Gasteiger partial charge is 0.311 e. The summed E-state index contributed by atoms with van der Waals surface area (Å²) < 4.78 is 1.85. The molecule has 15 heavy (non-hydrogen) atoms. The van der Waals surface area contributed by atoms with Gasteiger partial charge in [-0.2, -0.15) is 5.10 Å². The summed E-state index contributed by atoms with van der Waals surface area (Å²) in [5.74, 6) is 0. The number of halogens is 1. The number of nitrogens with zero attached hydrogens (tertiary/aromatic N) is 2. The fraction of sp³-hybridized carbons (Fsp3) is 0.727. The molecule has 4 heteroatoms. The lowest BCUT2D eigenvalue weighted by Gasteiger charge is -2.33. The Balaban J connectivity index is 3.13. The Morgan fingerprint density at radius 1 is 1.60 bits per heavy atom. The van der Waals surface area contributed by atoms with Gasteiger partial charge in [-0.25, -0.2) is 0 Å². The molecule has 0 aromatic carbocycles. The van der Waals surface area contributed by atoms with Crippen molar-refractivity contribution in [2.24, 2.45) is 12.5 Å². The molecule has 1 N–H and O–H groups in total. The van der Waals surface area contributed by atoms with Crippen molar-refractivity contribution >= 4 is 11.6 Å². The summed E-state index contributed by atoms with van der Waals surface area (Å²) in [4.78, 5) is 0. The van der Waals surface area contributed by atoms with Crippen LogP contribution in [-0.4, -0.2) is 16.8 Å². The highest BCUT2D eigenvalue weighted by atomic mass is 35.5. The Morgan fingerprint density at radius 2 is 2.20 bits per heavy atom. The quantitative estimate of drug-likeness (QED) is 0.861. The molecule has 0 saturated heterocycles. The van der Waals surface area contributed by atoms with Gasteiger partial charge in [0.2, 0.25) is 0 Å². The standard InChI is InChI=1S/C11H20ClN3/c1-6-11(2,3)10(13-4)9-8(12)7-14-15(9)5/h7,10,13H,6H2,1-5H3. The monoisotopic (exact) mass is 229 g/mol. The fourth-order valence-electron chi connectivity index (χ4n) is 1.85. The summed E-state index contributed by atoms with van der Waals surface area (Å²) in [6.07, 6.45) is 2.78. The molecular formula is C11H20ClN3. The average molecular weight is 230 g/mol. The first-order chi connectivity index (χ1) is 6.94. The molecule has 0 aliphatic heterocycles. The highest BCUT2D eigenvalue weighted by Gasteiger charge is 2.31. The van der Waals surface area contributed by atoms with Crippen LogP contribution in [0.5, 0.6) is 0 Å². The highest BCUT2D eigenvalue weighted by Crippen LogP contribution is 2.38. The number of hydrogen-bond acceptors (Lipinski definition) is 2. The van der Waals surface area contributed by atoms with Crippen LogP contribution in [0.2, 0.25) is 5.02 Å². The molecule has 0 fully saturated rings. The van der Waals surface area contributed by atoms with Crippen molar-refractivity contribution < 1.29 is 0 Å². The van der Waals surface area contributed by atoms with E-state index in [-0.39, 0.29) is 11.5 Å². The van der Waals surface area contributed by atoms with Crippen LogP contribution in [0.15, 0.2) is 6.20 Å². The Morgan fingerprint density at radius 3 is 2.53 bits per heavy atom. The molecule has 3 nitrogen and oxygen atoms in total. The summed E-state index contributed by atoms with van der Waals surface area (Å²) in [7, 11) is 3.89. The van der Waals surface area contributed by atoms with Crippen LogP contribution in [0.3, 0.4) is 0 Å². The Bertz CT molecular complexity index is 311. The van der Waals surface area contributed by atoms with Crippen LogP contribution in [-0.2, 0) is 7.05 Å². The van der Waals surface area contributed by atoms with Crippen molar-refractivity contribution in [2.45, 2.75) is 33.2 Å². The topological polar surface area (TPSA) is 29.9 Å². The molecule has 0 radical (unpaired) electrons. The first-order valence-electron chi connectivity index (χ1n) is 5.28. The molecule has 1 unspecified atom stereocenters. The van der Waals surface area contributed by atoms with E-state index in [1.165, 1.54) is 0 Å². The summed E-state index contributed by atoms with van der Waals surface area (Å²) in [6.45, 7) is 6.66. The molecule has 1 atom stereocenters. The number of aromatic nitrogens is 2. The van der Waals surface area contributed by atoms with E-state index in [4.69, 9.17) is 11.6 Å². The average Bonchev–Trinajstić information content (AvgIpc) is 2.50. The minimum atomic E-state index is 0.159. The molecule has 0 aliphatic rings. The predicted octanol–water partition coefficient (Wildman–Crippen LogP) is 2.77. The predicted molar refractivity (Wildman–Crippen MR) is 64.1 cm³/mol. The first-order valence-corrected chi connectivity index (χ1v) is 5.66. The third kappa shape index (κ3) is 2.34. The lowest BCUT2D eigenvalue weighted by atomic mass is 9.80. The summed E-state index contributed by atoms with van der Waals surface area (Å²) in [5, 5.41) is 8.24. The summed E-state index contributed by atoms with van der Waals surface area (Å²) >= 11 is 6.16. The van der Waals surface area contributed by atoms with Crippen molar-refractivity contribution in [3.8, 4) is 0 Å². The minimum Gasteiger partial charge on any atom is -0.311 e. The van der Waals surface area contributed by atoms with E-state index >= 15 is 0 Å². The minimum absolute atomic E-state index is 0.159. The second-order valence-corrected chi connectivity index (χ2v) is 4.97. The molecule has 0 spiro atoms. The van der Waals surface area contributed by atoms with Crippen LogP contribution in [0.4, 0.5) is 0 Å². The molecule has 0 bridgehead atoms. The molecule has 86 valence electrons. The van der Waals surface area contributed by atoms with Crippen LogP contribution in [0.25, 0.3) is 0 Å². The molecule has 1 heterocycles. The van der Waals surface area contributed by atoms with E-state index in [0.29, 0.717) is 0 Å². The Hall–Kier alpha value is -0.540. The van der Waals surface area contributed by atoms with Crippen LogP contribution in [0.1, 0.15) is 38.9 Å². The fourth-order valence-corrected chi connectivity index (χ4v) is 2.12. The van der Waals surface area contributed by atoms with Crippen LogP contribution < -0.4 is 5.32 Å². The zero-order valence-electron chi connectivity index (χ0n) is 10.1. The second-order valence-electron chi connectivity index (χ2n) is 4.57. The van der Waals surface area contributed by atoms with Crippen LogP contribution in [0, 0.1) is 5.41 Å². The van der Waals surface area contributed by atoms with E-state index < -0.39 is 0 Å². The molecule has 0 saturated carbocycles. The van der Waals surface area contributed by atoms with Gasteiger partial charge in [0.15, 0.2) is 0 Å². The first kappa shape index (κ1) is 12.5. The van der Waals surface area contributed by atoms with Crippen molar-refractivity contribution in [1.29, 1.82) is 0 Å². The van der Waals surface area contributed by atoms with Gasteiger partial charge < -0.3 is 5.32 Å². The maximum Gasteiger partial charge on any atom is 0.0834 e. The lowest BCUT2D eigenvalue weighted by molar-refractivity contribution is 0.236. The van der Waals surface area contributed by atoms with E-state index in [1.807, 2.05) is 18.8 Å². The molecule has 0 amide bonds.